The van der Waals surface area contributed by atoms with Gasteiger partial charge in [-0.15, -0.1) is 0 Å². The summed E-state index contributed by atoms with van der Waals surface area (Å²) >= 11 is 0. The number of Topliss-reactive ketones (excluding diaryl/α,β-unsaturated/α-hetero) is 2. The van der Waals surface area contributed by atoms with Crippen molar-refractivity contribution in [2.75, 3.05) is 0 Å². The number of furan rings is 1. The molecule has 0 unspecified atom stereocenters. The van der Waals surface area contributed by atoms with E-state index in [1.165, 1.54) is 64.0 Å². The van der Waals surface area contributed by atoms with E-state index in [-0.39, 0.29) is 29.3 Å². The van der Waals surface area contributed by atoms with Crippen LogP contribution in [0.4, 0.5) is 0 Å². The number of aliphatic carboxylic acids is 1. The molecule has 0 saturated heterocycles. The summed E-state index contributed by atoms with van der Waals surface area (Å²) in [5.41, 5.74) is 4.16. The molecule has 0 aliphatic heterocycles. The molecule has 6 heteroatoms. The van der Waals surface area contributed by atoms with Gasteiger partial charge in [0, 0.05) is 35.6 Å². The Morgan fingerprint density at radius 3 is 1.80 bits per heavy atom. The van der Waals surface area contributed by atoms with E-state index in [2.05, 4.69) is 82.2 Å². The van der Waals surface area contributed by atoms with E-state index < -0.39 is 11.4 Å². The summed E-state index contributed by atoms with van der Waals surface area (Å²) in [5, 5.41) is 8.96. The Hall–Kier alpha value is -2.50. The first-order valence-corrected chi connectivity index (χ1v) is 19.2. The second-order valence-corrected chi connectivity index (χ2v) is 18.1. The van der Waals surface area contributed by atoms with Crippen LogP contribution in [0.3, 0.4) is 0 Å². The van der Waals surface area contributed by atoms with Gasteiger partial charge < -0.3 is 9.52 Å². The zero-order chi connectivity index (χ0) is 37.8. The maximum Gasteiger partial charge on any atom is 0.310 e. The maximum atomic E-state index is 12.4. The van der Waals surface area contributed by atoms with Gasteiger partial charge in [0.2, 0.25) is 5.78 Å². The van der Waals surface area contributed by atoms with E-state index in [1.807, 2.05) is 19.9 Å². The smallest absolute Gasteiger partial charge is 0.310 e. The van der Waals surface area contributed by atoms with Crippen LogP contribution in [-0.4, -0.2) is 27.6 Å². The number of carboxylic acid groups (broad SMARTS) is 1. The molecule has 2 saturated carbocycles. The van der Waals surface area contributed by atoms with Crippen molar-refractivity contribution in [3.05, 3.63) is 29.2 Å². The van der Waals surface area contributed by atoms with E-state index >= 15 is 0 Å². The third-order valence-electron chi connectivity index (χ3n) is 9.93. The first-order valence-electron chi connectivity index (χ1n) is 19.2. The fourth-order valence-electron chi connectivity index (χ4n) is 6.65. The van der Waals surface area contributed by atoms with Crippen LogP contribution in [0.25, 0.3) is 11.1 Å². The first-order chi connectivity index (χ1) is 22.5. The van der Waals surface area contributed by atoms with Crippen molar-refractivity contribution in [3.63, 3.8) is 0 Å². The molecule has 0 bridgehead atoms. The number of unbranched alkanes of at least 4 members (excludes halogenated alkanes) is 1. The number of fused-ring (bicyclic) bond motifs is 1. The van der Waals surface area contributed by atoms with Gasteiger partial charge in [0.1, 0.15) is 11.3 Å². The van der Waals surface area contributed by atoms with Crippen LogP contribution >= 0.6 is 0 Å². The Morgan fingerprint density at radius 2 is 1.43 bits per heavy atom. The molecule has 2 fully saturated rings. The molecule has 49 heavy (non-hydrogen) atoms. The quantitative estimate of drug-likeness (QED) is 0.278. The summed E-state index contributed by atoms with van der Waals surface area (Å²) in [6, 6.07) is 4.08. The van der Waals surface area contributed by atoms with Gasteiger partial charge in [0.15, 0.2) is 11.3 Å². The number of nitrogens with zero attached hydrogens (tertiary/aromatic N) is 1. The van der Waals surface area contributed by atoms with E-state index in [4.69, 9.17) is 14.5 Å². The molecule has 2 heterocycles. The lowest BCUT2D eigenvalue weighted by Crippen LogP contribution is -2.29. The molecule has 2 aromatic rings. The number of carbonyl (C=O) groups excluding carboxylic acids is 2. The van der Waals surface area contributed by atoms with Crippen LogP contribution < -0.4 is 0 Å². The Morgan fingerprint density at radius 1 is 0.898 bits per heavy atom. The van der Waals surface area contributed by atoms with Crippen LogP contribution in [0.2, 0.25) is 0 Å². The number of carbonyl (C=O) groups is 3. The van der Waals surface area contributed by atoms with Crippen LogP contribution in [0.1, 0.15) is 208 Å². The normalized spacial score (nSPS) is 17.3. The zero-order valence-corrected chi connectivity index (χ0v) is 34.0. The Balaban J connectivity index is 0.000000429. The first kappa shape index (κ1) is 44.5. The summed E-state index contributed by atoms with van der Waals surface area (Å²) in [4.78, 5) is 39.1. The van der Waals surface area contributed by atoms with Crippen molar-refractivity contribution < 1.29 is 23.9 Å². The van der Waals surface area contributed by atoms with Crippen molar-refractivity contribution in [1.29, 1.82) is 0 Å². The lowest BCUT2D eigenvalue weighted by molar-refractivity contribution is -0.151. The minimum atomic E-state index is -0.796. The molecular formula is C43H73NO5. The van der Waals surface area contributed by atoms with Gasteiger partial charge in [-0.05, 0) is 74.2 Å². The molecule has 0 radical (unpaired) electrons. The highest BCUT2D eigenvalue weighted by molar-refractivity contribution is 5.98. The fourth-order valence-corrected chi connectivity index (χ4v) is 6.65. The summed E-state index contributed by atoms with van der Waals surface area (Å²) in [6.07, 6.45) is 13.6. The topological polar surface area (TPSA) is 97.5 Å². The highest BCUT2D eigenvalue weighted by atomic mass is 16.4. The fraction of sp³-hybridized carbons (Fsp3) is 0.767. The number of ketones is 2. The summed E-state index contributed by atoms with van der Waals surface area (Å²) in [7, 11) is 0. The van der Waals surface area contributed by atoms with Gasteiger partial charge in [0.25, 0.3) is 0 Å². The number of rotatable bonds is 8. The molecule has 0 amide bonds. The van der Waals surface area contributed by atoms with Crippen molar-refractivity contribution in [1.82, 2.24) is 4.98 Å². The molecule has 2 aromatic heterocycles. The third kappa shape index (κ3) is 14.7. The standard InChI is InChI=1S/C23H33NO2.C9H14O3.C7H16.C4H10/c1-14(2)20(25)19-13-18-21(26-19)16(22(3,4)5)12-17(24-18)15-8-10-23(6,7)11-9-15;1-7(10)6-9(8(11)12)4-2-3-5-9;1-5-6-7(2,3)4;1-3-4-2/h12-15H,8-11H2,1-7H3;2-6H2,1H3,(H,11,12);5-6H2,1-4H3;3-4H2,1-2H3. The van der Waals surface area contributed by atoms with Crippen LogP contribution in [0, 0.1) is 22.2 Å². The lowest BCUT2D eigenvalue weighted by Gasteiger charge is -2.34. The van der Waals surface area contributed by atoms with Crippen LogP contribution in [-0.2, 0) is 15.0 Å². The average Bonchev–Trinajstić information content (AvgIpc) is 3.63. The predicted octanol–water partition coefficient (Wildman–Crippen LogP) is 12.9. The molecule has 4 rings (SSSR count). The minimum absolute atomic E-state index is 0.0145. The second kappa shape index (κ2) is 19.2. The van der Waals surface area contributed by atoms with Crippen LogP contribution in [0.15, 0.2) is 16.5 Å². The third-order valence-corrected chi connectivity index (χ3v) is 9.93. The molecule has 2 aliphatic rings. The van der Waals surface area contributed by atoms with Gasteiger partial charge in [-0.2, -0.15) is 0 Å². The van der Waals surface area contributed by atoms with E-state index in [9.17, 15) is 14.4 Å². The molecule has 0 atom stereocenters. The monoisotopic (exact) mass is 684 g/mol. The lowest BCUT2D eigenvalue weighted by atomic mass is 9.72. The van der Waals surface area contributed by atoms with E-state index in [0.717, 1.165) is 29.5 Å². The summed E-state index contributed by atoms with van der Waals surface area (Å²) < 4.78 is 6.01. The molecule has 0 aromatic carbocycles. The summed E-state index contributed by atoms with van der Waals surface area (Å²) in [5.74, 6) is 0.106. The molecule has 2 aliphatic carbocycles. The maximum absolute atomic E-state index is 12.4. The Labute approximate surface area is 300 Å². The highest BCUT2D eigenvalue weighted by Gasteiger charge is 2.42. The molecule has 280 valence electrons. The van der Waals surface area contributed by atoms with E-state index in [1.54, 1.807) is 0 Å². The number of aromatic nitrogens is 1. The molecule has 6 nitrogen and oxygen atoms in total. The average molecular weight is 684 g/mol. The highest BCUT2D eigenvalue weighted by Crippen LogP contribution is 2.44. The second-order valence-electron chi connectivity index (χ2n) is 18.1. The van der Waals surface area contributed by atoms with Crippen LogP contribution in [0.5, 0.6) is 0 Å². The number of hydrogen-bond acceptors (Lipinski definition) is 5. The largest absolute Gasteiger partial charge is 0.481 e. The summed E-state index contributed by atoms with van der Waals surface area (Å²) in [6.45, 7) is 30.0. The van der Waals surface area contributed by atoms with Gasteiger partial charge >= 0.3 is 5.97 Å². The number of hydrogen-bond donors (Lipinski definition) is 1. The van der Waals surface area contributed by atoms with Gasteiger partial charge in [0.05, 0.1) is 5.41 Å². The Bertz CT molecular complexity index is 1320. The number of carboxylic acids is 1. The molecular weight excluding hydrogens is 610 g/mol. The zero-order valence-electron chi connectivity index (χ0n) is 34.0. The predicted molar refractivity (Wildman–Crippen MR) is 206 cm³/mol. The molecule has 0 spiro atoms. The van der Waals surface area contributed by atoms with Gasteiger partial charge in [-0.25, -0.2) is 4.98 Å². The number of pyridine rings is 1. The van der Waals surface area contributed by atoms with Crippen molar-refractivity contribution in [3.8, 4) is 0 Å². The minimum Gasteiger partial charge on any atom is -0.481 e. The Kier molecular flexibility index (Phi) is 17.4. The SMILES string of the molecule is CC(=O)CC1(C(=O)O)CCCC1.CC(C)C(=O)c1cc2nc(C3CCC(C)(C)CC3)cc(C(C)(C)C)c2o1.CCCC.CCCC(C)(C)C. The van der Waals surface area contributed by atoms with Crippen molar-refractivity contribution in [2.45, 2.75) is 192 Å². The van der Waals surface area contributed by atoms with Crippen molar-refractivity contribution in [2.24, 2.45) is 22.2 Å². The van der Waals surface area contributed by atoms with Crippen molar-refractivity contribution >= 4 is 28.6 Å². The van der Waals surface area contributed by atoms with E-state index in [0.29, 0.717) is 35.3 Å². The molecule has 1 N–H and O–H groups in total. The van der Waals surface area contributed by atoms with Gasteiger partial charge in [-0.1, -0.05) is 122 Å². The van der Waals surface area contributed by atoms with Gasteiger partial charge in [-0.3, -0.25) is 14.4 Å².